The Bertz CT molecular complexity index is 733. The molecule has 1 aromatic heterocycles. The fourth-order valence-corrected chi connectivity index (χ4v) is 4.44. The highest BCUT2D eigenvalue weighted by Crippen LogP contribution is 2.40. The molecular formula is C21H24N2O2. The van der Waals surface area contributed by atoms with Gasteiger partial charge in [-0.15, -0.1) is 0 Å². The number of carbonyl (C=O) groups is 1. The summed E-state index contributed by atoms with van der Waals surface area (Å²) < 4.78 is 5.21. The normalized spacial score (nSPS) is 25.7. The lowest BCUT2D eigenvalue weighted by Crippen LogP contribution is -2.44. The molecule has 2 aliphatic rings. The van der Waals surface area contributed by atoms with E-state index in [2.05, 4.69) is 40.2 Å². The molecule has 2 bridgehead atoms. The van der Waals surface area contributed by atoms with Gasteiger partial charge in [0.25, 0.3) is 0 Å². The van der Waals surface area contributed by atoms with Gasteiger partial charge in [0.2, 0.25) is 0 Å². The first kappa shape index (κ1) is 16.3. The Kier molecular flexibility index (Phi) is 4.53. The van der Waals surface area contributed by atoms with Crippen LogP contribution < -0.4 is 4.74 Å². The molecule has 2 unspecified atom stereocenters. The van der Waals surface area contributed by atoms with Gasteiger partial charge in [0.15, 0.2) is 5.78 Å². The Morgan fingerprint density at radius 1 is 1.16 bits per heavy atom. The predicted molar refractivity (Wildman–Crippen MR) is 96.6 cm³/mol. The maximum absolute atomic E-state index is 12.9. The van der Waals surface area contributed by atoms with E-state index in [1.165, 1.54) is 18.4 Å². The molecule has 1 aromatic carbocycles. The van der Waals surface area contributed by atoms with E-state index in [1.54, 1.807) is 19.5 Å². The van der Waals surface area contributed by atoms with Gasteiger partial charge < -0.3 is 4.74 Å². The summed E-state index contributed by atoms with van der Waals surface area (Å²) in [5.74, 6) is 0.983. The predicted octanol–water partition coefficient (Wildman–Crippen LogP) is 3.72. The number of aromatic nitrogens is 1. The number of hydrogen-bond donors (Lipinski definition) is 0. The molecule has 4 heteroatoms. The molecule has 0 N–H and O–H groups in total. The van der Waals surface area contributed by atoms with Crippen molar-refractivity contribution in [2.45, 2.75) is 44.3 Å². The van der Waals surface area contributed by atoms with E-state index in [4.69, 9.17) is 4.74 Å². The van der Waals surface area contributed by atoms with Crippen molar-refractivity contribution in [2.24, 2.45) is 5.92 Å². The summed E-state index contributed by atoms with van der Waals surface area (Å²) >= 11 is 0. The molecule has 2 saturated heterocycles. The Morgan fingerprint density at radius 2 is 1.88 bits per heavy atom. The minimum atomic E-state index is 0.110. The molecule has 2 fully saturated rings. The zero-order valence-corrected chi connectivity index (χ0v) is 14.6. The van der Waals surface area contributed by atoms with Crippen molar-refractivity contribution in [3.63, 3.8) is 0 Å². The van der Waals surface area contributed by atoms with Crippen LogP contribution in [0, 0.1) is 5.92 Å². The highest BCUT2D eigenvalue weighted by Gasteiger charge is 2.42. The van der Waals surface area contributed by atoms with Gasteiger partial charge >= 0.3 is 0 Å². The number of fused-ring (bicyclic) bond motifs is 2. The third-order valence-electron chi connectivity index (χ3n) is 5.70. The lowest BCUT2D eigenvalue weighted by atomic mass is 9.85. The van der Waals surface area contributed by atoms with E-state index in [9.17, 15) is 4.79 Å². The standard InChI is InChI=1S/C21H24N2O2/c1-25-20-11-17(12-22-13-20)21(24)16-9-18-7-8-19(10-16)23(18)14-15-5-3-2-4-6-15/h2-6,11-13,16,18-19H,7-10,14H2,1H3. The van der Waals surface area contributed by atoms with Crippen LogP contribution in [0.15, 0.2) is 48.8 Å². The van der Waals surface area contributed by atoms with E-state index < -0.39 is 0 Å². The summed E-state index contributed by atoms with van der Waals surface area (Å²) in [6.07, 6.45) is 7.64. The molecule has 0 amide bonds. The summed E-state index contributed by atoms with van der Waals surface area (Å²) in [4.78, 5) is 19.7. The average Bonchev–Trinajstić information content (AvgIpc) is 2.90. The largest absolute Gasteiger partial charge is 0.495 e. The molecule has 0 aliphatic carbocycles. The van der Waals surface area contributed by atoms with Crippen molar-refractivity contribution in [1.29, 1.82) is 0 Å². The summed E-state index contributed by atoms with van der Waals surface area (Å²) in [6, 6.07) is 13.5. The van der Waals surface area contributed by atoms with Crippen LogP contribution in [0.4, 0.5) is 0 Å². The summed E-state index contributed by atoms with van der Waals surface area (Å²) in [5.41, 5.74) is 2.04. The van der Waals surface area contributed by atoms with Gasteiger partial charge in [-0.3, -0.25) is 14.7 Å². The van der Waals surface area contributed by atoms with Crippen LogP contribution in [0.1, 0.15) is 41.6 Å². The van der Waals surface area contributed by atoms with E-state index >= 15 is 0 Å². The van der Waals surface area contributed by atoms with Crippen molar-refractivity contribution < 1.29 is 9.53 Å². The summed E-state index contributed by atoms with van der Waals surface area (Å²) in [7, 11) is 1.60. The van der Waals surface area contributed by atoms with Crippen LogP contribution in [0.25, 0.3) is 0 Å². The van der Waals surface area contributed by atoms with Crippen molar-refractivity contribution >= 4 is 5.78 Å². The minimum Gasteiger partial charge on any atom is -0.495 e. The first-order valence-corrected chi connectivity index (χ1v) is 9.07. The molecule has 0 spiro atoms. The first-order valence-electron chi connectivity index (χ1n) is 9.07. The maximum atomic E-state index is 12.9. The van der Waals surface area contributed by atoms with Gasteiger partial charge in [0.05, 0.1) is 13.3 Å². The summed E-state index contributed by atoms with van der Waals surface area (Å²) in [6.45, 7) is 0.998. The lowest BCUT2D eigenvalue weighted by Gasteiger charge is -2.38. The monoisotopic (exact) mass is 336 g/mol. The van der Waals surface area contributed by atoms with Crippen LogP contribution in [0.3, 0.4) is 0 Å². The van der Waals surface area contributed by atoms with Crippen LogP contribution in [-0.4, -0.2) is 34.9 Å². The van der Waals surface area contributed by atoms with Crippen molar-refractivity contribution in [1.82, 2.24) is 9.88 Å². The topological polar surface area (TPSA) is 42.4 Å². The van der Waals surface area contributed by atoms with Gasteiger partial charge in [-0.2, -0.15) is 0 Å². The number of hydrogen-bond acceptors (Lipinski definition) is 4. The number of methoxy groups -OCH3 is 1. The van der Waals surface area contributed by atoms with Gasteiger partial charge in [-0.25, -0.2) is 0 Å². The van der Waals surface area contributed by atoms with Gasteiger partial charge in [-0.05, 0) is 37.3 Å². The molecule has 130 valence electrons. The second-order valence-electron chi connectivity index (χ2n) is 7.19. The van der Waals surface area contributed by atoms with Crippen molar-refractivity contribution in [3.8, 4) is 5.75 Å². The second-order valence-corrected chi connectivity index (χ2v) is 7.19. The fraction of sp³-hybridized carbons (Fsp3) is 0.429. The summed E-state index contributed by atoms with van der Waals surface area (Å²) in [5, 5.41) is 0. The number of carbonyl (C=O) groups excluding carboxylic acids is 1. The van der Waals surface area contributed by atoms with Crippen LogP contribution in [0.5, 0.6) is 5.75 Å². The molecule has 2 atom stereocenters. The van der Waals surface area contributed by atoms with E-state index in [-0.39, 0.29) is 11.7 Å². The average molecular weight is 336 g/mol. The number of nitrogens with zero attached hydrogens (tertiary/aromatic N) is 2. The molecular weight excluding hydrogens is 312 g/mol. The highest BCUT2D eigenvalue weighted by molar-refractivity contribution is 5.98. The van der Waals surface area contributed by atoms with E-state index in [0.717, 1.165) is 19.4 Å². The number of Topliss-reactive ketones (excluding diaryl/α,β-unsaturated/α-hetero) is 1. The minimum absolute atomic E-state index is 0.110. The third kappa shape index (κ3) is 3.31. The number of piperidine rings is 1. The van der Waals surface area contributed by atoms with Crippen molar-refractivity contribution in [2.75, 3.05) is 7.11 Å². The molecule has 4 nitrogen and oxygen atoms in total. The second kappa shape index (κ2) is 6.96. The Balaban J connectivity index is 1.46. The lowest BCUT2D eigenvalue weighted by molar-refractivity contribution is 0.0677. The Morgan fingerprint density at radius 3 is 2.56 bits per heavy atom. The molecule has 4 rings (SSSR count). The number of ketones is 1. The van der Waals surface area contributed by atoms with Crippen LogP contribution >= 0.6 is 0 Å². The quantitative estimate of drug-likeness (QED) is 0.781. The molecule has 25 heavy (non-hydrogen) atoms. The number of pyridine rings is 1. The highest BCUT2D eigenvalue weighted by atomic mass is 16.5. The SMILES string of the molecule is COc1cncc(C(=O)C2CC3CCC(C2)N3Cc2ccccc2)c1. The maximum Gasteiger partial charge on any atom is 0.167 e. The first-order chi connectivity index (χ1) is 12.2. The van der Waals surface area contributed by atoms with Gasteiger partial charge in [0.1, 0.15) is 5.75 Å². The van der Waals surface area contributed by atoms with Gasteiger partial charge in [-0.1, -0.05) is 30.3 Å². The zero-order chi connectivity index (χ0) is 17.2. The Labute approximate surface area is 148 Å². The third-order valence-corrected chi connectivity index (χ3v) is 5.70. The van der Waals surface area contributed by atoms with Crippen molar-refractivity contribution in [3.05, 3.63) is 59.9 Å². The van der Waals surface area contributed by atoms with Crippen LogP contribution in [-0.2, 0) is 6.54 Å². The fourth-order valence-electron chi connectivity index (χ4n) is 4.44. The molecule has 3 heterocycles. The molecule has 0 radical (unpaired) electrons. The number of benzene rings is 1. The zero-order valence-electron chi connectivity index (χ0n) is 14.6. The number of ether oxygens (including phenoxy) is 1. The molecule has 2 aliphatic heterocycles. The Hall–Kier alpha value is -2.20. The van der Waals surface area contributed by atoms with Crippen LogP contribution in [0.2, 0.25) is 0 Å². The van der Waals surface area contributed by atoms with E-state index in [0.29, 0.717) is 23.4 Å². The van der Waals surface area contributed by atoms with E-state index in [1.807, 2.05) is 6.07 Å². The molecule has 2 aromatic rings. The molecule has 0 saturated carbocycles. The smallest absolute Gasteiger partial charge is 0.167 e. The number of rotatable bonds is 5. The van der Waals surface area contributed by atoms with Gasteiger partial charge in [0, 0.05) is 36.3 Å².